The Morgan fingerprint density at radius 1 is 1.03 bits per heavy atom. The first-order valence-corrected chi connectivity index (χ1v) is 11.6. The van der Waals surface area contributed by atoms with Crippen LogP contribution < -0.4 is 15.5 Å². The number of hydrogen-bond acceptors (Lipinski definition) is 5. The monoisotopic (exact) mass is 456 g/mol. The third-order valence-corrected chi connectivity index (χ3v) is 6.12. The van der Waals surface area contributed by atoms with Crippen molar-refractivity contribution in [2.45, 2.75) is 24.8 Å². The van der Waals surface area contributed by atoms with Gasteiger partial charge in [-0.15, -0.1) is 0 Å². The molecule has 9 heteroatoms. The molecule has 0 spiro atoms. The van der Waals surface area contributed by atoms with Gasteiger partial charge in [0.2, 0.25) is 10.0 Å². The number of sulfonamides is 1. The summed E-state index contributed by atoms with van der Waals surface area (Å²) in [7, 11) is -3.63. The molecule has 0 aliphatic heterocycles. The predicted octanol–water partition coefficient (Wildman–Crippen LogP) is 3.19. The first kappa shape index (κ1) is 22.7. The smallest absolute Gasteiger partial charge is 0.240 e. The Kier molecular flexibility index (Phi) is 7.94. The molecule has 31 heavy (non-hydrogen) atoms. The molecule has 0 fully saturated rings. The molecule has 1 aromatic heterocycles. The fraction of sp³-hybridized carbons (Fsp3) is 0.182. The van der Waals surface area contributed by atoms with Crippen LogP contribution in [-0.2, 0) is 23.0 Å². The Bertz CT molecular complexity index is 1110. The number of furan rings is 1. The van der Waals surface area contributed by atoms with Gasteiger partial charge in [0.15, 0.2) is 5.11 Å². The molecule has 3 aromatic rings. The van der Waals surface area contributed by atoms with Crippen molar-refractivity contribution in [3.63, 3.8) is 0 Å². The number of nitrogens with one attached hydrogen (secondary N) is 3. The zero-order valence-corrected chi connectivity index (χ0v) is 18.7. The average Bonchev–Trinajstić information content (AvgIpc) is 3.31. The highest BCUT2D eigenvalue weighted by molar-refractivity contribution is 7.89. The second kappa shape index (κ2) is 10.9. The van der Waals surface area contributed by atoms with Gasteiger partial charge in [0.1, 0.15) is 5.76 Å². The maximum Gasteiger partial charge on any atom is 0.240 e. The van der Waals surface area contributed by atoms with Crippen molar-refractivity contribution >= 4 is 33.1 Å². The van der Waals surface area contributed by atoms with Gasteiger partial charge in [-0.2, -0.15) is 5.10 Å². The van der Waals surface area contributed by atoms with Crippen LogP contribution in [0.2, 0.25) is 0 Å². The molecule has 0 atom stereocenters. The van der Waals surface area contributed by atoms with Crippen molar-refractivity contribution in [3.05, 3.63) is 89.9 Å². The lowest BCUT2D eigenvalue weighted by atomic mass is 10.1. The van der Waals surface area contributed by atoms with Crippen LogP contribution in [0.3, 0.4) is 0 Å². The molecule has 0 unspecified atom stereocenters. The van der Waals surface area contributed by atoms with Crippen LogP contribution in [0.25, 0.3) is 0 Å². The van der Waals surface area contributed by atoms with E-state index in [9.17, 15) is 8.42 Å². The molecule has 3 rings (SSSR count). The van der Waals surface area contributed by atoms with E-state index >= 15 is 0 Å². The zero-order valence-electron chi connectivity index (χ0n) is 17.0. The third kappa shape index (κ3) is 7.02. The Balaban J connectivity index is 1.50. The van der Waals surface area contributed by atoms with Crippen LogP contribution >= 0.6 is 12.2 Å². The van der Waals surface area contributed by atoms with E-state index in [1.807, 2.05) is 25.1 Å². The van der Waals surface area contributed by atoms with Gasteiger partial charge in [-0.3, -0.25) is 5.43 Å². The minimum atomic E-state index is -3.63. The standard InChI is InChI=1S/C22H24N4O3S2/c1-17(25-26-22(30)23-14-13-18-6-3-2-4-7-18)19-9-11-21(12-10-19)31(27,28)24-16-20-8-5-15-29-20/h2-12,15,24H,13-14,16H2,1H3,(H2,23,26,30)/b25-17-. The highest BCUT2D eigenvalue weighted by atomic mass is 32.2. The first-order chi connectivity index (χ1) is 14.9. The van der Waals surface area contributed by atoms with Gasteiger partial charge >= 0.3 is 0 Å². The highest BCUT2D eigenvalue weighted by Crippen LogP contribution is 2.12. The Morgan fingerprint density at radius 3 is 2.45 bits per heavy atom. The quantitative estimate of drug-likeness (QED) is 0.260. The molecule has 0 aliphatic rings. The molecular formula is C22H24N4O3S2. The Hall–Kier alpha value is -3.01. The number of rotatable bonds is 9. The Labute approximate surface area is 187 Å². The molecular weight excluding hydrogens is 432 g/mol. The molecule has 162 valence electrons. The lowest BCUT2D eigenvalue weighted by Gasteiger charge is -2.09. The van der Waals surface area contributed by atoms with Gasteiger partial charge in [0.05, 0.1) is 23.4 Å². The molecule has 7 nitrogen and oxygen atoms in total. The van der Waals surface area contributed by atoms with Gasteiger partial charge in [0, 0.05) is 6.54 Å². The summed E-state index contributed by atoms with van der Waals surface area (Å²) in [5.41, 5.74) is 5.51. The second-order valence-electron chi connectivity index (χ2n) is 6.73. The Morgan fingerprint density at radius 2 is 1.77 bits per heavy atom. The van der Waals surface area contributed by atoms with Gasteiger partial charge in [0.25, 0.3) is 0 Å². The van der Waals surface area contributed by atoms with Crippen LogP contribution in [0, 0.1) is 0 Å². The predicted molar refractivity (Wildman–Crippen MR) is 125 cm³/mol. The minimum Gasteiger partial charge on any atom is -0.468 e. The van der Waals surface area contributed by atoms with Crippen molar-refractivity contribution in [2.75, 3.05) is 6.54 Å². The van der Waals surface area contributed by atoms with Crippen molar-refractivity contribution in [2.24, 2.45) is 5.10 Å². The van der Waals surface area contributed by atoms with Crippen LogP contribution in [-0.4, -0.2) is 25.8 Å². The summed E-state index contributed by atoms with van der Waals surface area (Å²) >= 11 is 5.25. The highest BCUT2D eigenvalue weighted by Gasteiger charge is 2.14. The van der Waals surface area contributed by atoms with Crippen LogP contribution in [0.5, 0.6) is 0 Å². The topological polar surface area (TPSA) is 95.7 Å². The SMILES string of the molecule is C/C(=N/NC(=S)NCCc1ccccc1)c1ccc(S(=O)(=O)NCc2ccco2)cc1. The number of thiocarbonyl (C=S) groups is 1. The lowest BCUT2D eigenvalue weighted by molar-refractivity contribution is 0.498. The largest absolute Gasteiger partial charge is 0.468 e. The summed E-state index contributed by atoms with van der Waals surface area (Å²) in [6, 6.07) is 20.0. The lowest BCUT2D eigenvalue weighted by Crippen LogP contribution is -2.33. The van der Waals surface area contributed by atoms with Crippen LogP contribution in [0.4, 0.5) is 0 Å². The van der Waals surface area contributed by atoms with Crippen LogP contribution in [0.1, 0.15) is 23.8 Å². The fourth-order valence-corrected chi connectivity index (χ4v) is 3.88. The summed E-state index contributed by atoms with van der Waals surface area (Å²) in [5.74, 6) is 0.544. The van der Waals surface area contributed by atoms with E-state index in [1.165, 1.54) is 24.0 Å². The van der Waals surface area contributed by atoms with E-state index < -0.39 is 10.0 Å². The average molecular weight is 457 g/mol. The van der Waals surface area contributed by atoms with Crippen molar-refractivity contribution in [1.82, 2.24) is 15.5 Å². The van der Waals surface area contributed by atoms with Gasteiger partial charge < -0.3 is 9.73 Å². The number of benzene rings is 2. The number of hydrazone groups is 1. The second-order valence-corrected chi connectivity index (χ2v) is 8.90. The summed E-state index contributed by atoms with van der Waals surface area (Å²) in [5, 5.41) is 7.81. The number of hydrogen-bond donors (Lipinski definition) is 3. The molecule has 0 saturated heterocycles. The maximum atomic E-state index is 12.4. The van der Waals surface area contributed by atoms with Gasteiger partial charge in [-0.05, 0) is 61.0 Å². The number of nitrogens with zero attached hydrogens (tertiary/aromatic N) is 1. The molecule has 2 aromatic carbocycles. The third-order valence-electron chi connectivity index (χ3n) is 4.47. The van der Waals surface area contributed by atoms with Crippen molar-refractivity contribution in [3.8, 4) is 0 Å². The molecule has 0 saturated carbocycles. The van der Waals surface area contributed by atoms with E-state index in [0.29, 0.717) is 23.1 Å². The van der Waals surface area contributed by atoms with E-state index in [-0.39, 0.29) is 11.4 Å². The molecule has 0 aliphatic carbocycles. The summed E-state index contributed by atoms with van der Waals surface area (Å²) in [6.45, 7) is 2.61. The van der Waals surface area contributed by atoms with E-state index in [1.54, 1.807) is 24.3 Å². The normalized spacial score (nSPS) is 11.8. The van der Waals surface area contributed by atoms with Crippen molar-refractivity contribution < 1.29 is 12.8 Å². The van der Waals surface area contributed by atoms with Gasteiger partial charge in [-0.1, -0.05) is 42.5 Å². The summed E-state index contributed by atoms with van der Waals surface area (Å²) in [4.78, 5) is 0.168. The fourth-order valence-electron chi connectivity index (χ4n) is 2.74. The maximum absolute atomic E-state index is 12.4. The van der Waals surface area contributed by atoms with Gasteiger partial charge in [-0.25, -0.2) is 13.1 Å². The van der Waals surface area contributed by atoms with Crippen LogP contribution in [0.15, 0.2) is 87.4 Å². The molecule has 0 bridgehead atoms. The molecule has 1 heterocycles. The molecule has 3 N–H and O–H groups in total. The minimum absolute atomic E-state index is 0.0935. The van der Waals surface area contributed by atoms with E-state index in [0.717, 1.165) is 12.0 Å². The van der Waals surface area contributed by atoms with E-state index in [4.69, 9.17) is 16.6 Å². The van der Waals surface area contributed by atoms with Crippen molar-refractivity contribution in [1.29, 1.82) is 0 Å². The van der Waals surface area contributed by atoms with E-state index in [2.05, 4.69) is 32.7 Å². The zero-order chi connectivity index (χ0) is 22.1. The molecule has 0 amide bonds. The molecule has 0 radical (unpaired) electrons. The first-order valence-electron chi connectivity index (χ1n) is 9.68. The summed E-state index contributed by atoms with van der Waals surface area (Å²) in [6.07, 6.45) is 2.36. The summed E-state index contributed by atoms with van der Waals surface area (Å²) < 4.78 is 32.5.